The molecule has 13 aromatic rings. The summed E-state index contributed by atoms with van der Waals surface area (Å²) in [5.41, 5.74) is 8.41. The zero-order chi connectivity index (χ0) is 100. The van der Waals surface area contributed by atoms with Gasteiger partial charge in [-0.05, 0) is 115 Å². The fourth-order valence-corrected chi connectivity index (χ4v) is 19.2. The Morgan fingerprint density at radius 1 is 0.363 bits per heavy atom. The lowest BCUT2D eigenvalue weighted by Gasteiger charge is -2.21. The Kier molecular flexibility index (Phi) is 43.3. The fraction of sp³-hybridized carbons (Fsp3) is 0.227. The molecule has 60 heteroatoms. The second-order valence-corrected chi connectivity index (χ2v) is 39.3. The molecule has 135 heavy (non-hydrogen) atoms. The van der Waals surface area contributed by atoms with Crippen LogP contribution in [0.4, 0.5) is 82.7 Å². The summed E-state index contributed by atoms with van der Waals surface area (Å²) in [5, 5.41) is 9.32. The third kappa shape index (κ3) is 33.6. The molecule has 0 aliphatic rings. The van der Waals surface area contributed by atoms with Crippen molar-refractivity contribution in [3.05, 3.63) is 237 Å². The average molecular weight is 2190 g/mol. The molecule has 7 N–H and O–H groups in total. The summed E-state index contributed by atoms with van der Waals surface area (Å²) < 4.78 is 360. The molecule has 35 nitrogen and oxygen atoms in total. The molecule has 0 atom stereocenters. The molecular weight excluding hydrogens is 2110 g/mol. The Hall–Kier alpha value is -11.2. The number of nitrogens with one attached hydrogen (secondary N) is 2. The molecule has 5 aromatic heterocycles. The second-order valence-electron chi connectivity index (χ2n) is 25.6. The number of nitrogen functional groups attached to an aromatic ring is 1. The number of aromatic nitrogens is 10. The van der Waals surface area contributed by atoms with Gasteiger partial charge in [0.2, 0.25) is 20.5 Å². The van der Waals surface area contributed by atoms with E-state index in [9.17, 15) is 99.2 Å². The van der Waals surface area contributed by atoms with Crippen molar-refractivity contribution in [2.24, 2.45) is 0 Å². The van der Waals surface area contributed by atoms with E-state index in [-0.39, 0.29) is 79.6 Å². The van der Waals surface area contributed by atoms with E-state index >= 15 is 0 Å². The third-order valence-electron chi connectivity index (χ3n) is 15.2. The predicted octanol–water partition coefficient (Wildman–Crippen LogP) is 16.5. The zero-order valence-corrected chi connectivity index (χ0v) is 82.1. The number of halogens is 15. The molecule has 0 unspecified atom stereocenters. The molecule has 0 aliphatic heterocycles. The maximum Gasteiger partial charge on any atom is 0.271 e. The Labute approximate surface area is 795 Å². The number of methoxy groups -OCH3 is 6. The normalized spacial score (nSPS) is 11.0. The van der Waals surface area contributed by atoms with Gasteiger partial charge in [0.15, 0.2) is 63.2 Å². The number of nitrogens with zero attached hydrogens (tertiary/aromatic N) is 12. The smallest absolute Gasteiger partial charge is 0.271 e. The monoisotopic (exact) mass is 2190 g/mol. The molecule has 0 fully saturated rings. The minimum atomic E-state index is -4.54. The van der Waals surface area contributed by atoms with Crippen molar-refractivity contribution in [2.75, 3.05) is 85.4 Å². The first-order valence-corrected chi connectivity index (χ1v) is 49.1. The van der Waals surface area contributed by atoms with E-state index in [2.05, 4.69) is 72.2 Å². The Morgan fingerprint density at radius 2 is 0.652 bits per heavy atom. The predicted molar refractivity (Wildman–Crippen MR) is 476 cm³/mol. The molecule has 0 spiro atoms. The summed E-state index contributed by atoms with van der Waals surface area (Å²) in [5.74, 6) is -14.1. The third-order valence-corrected chi connectivity index (χ3v) is 27.4. The molecule has 0 saturated carbocycles. The molecule has 13 rings (SSSR count). The van der Waals surface area contributed by atoms with E-state index in [1.807, 2.05) is 24.6 Å². The van der Waals surface area contributed by atoms with E-state index in [0.29, 0.717) is 84.1 Å². The highest BCUT2D eigenvalue weighted by Crippen LogP contribution is 2.37. The number of rotatable bonds is 25. The molecule has 0 amide bonds. The van der Waals surface area contributed by atoms with Crippen molar-refractivity contribution >= 4 is 159 Å². The number of aromatic hydroxyl groups is 1. The van der Waals surface area contributed by atoms with Gasteiger partial charge < -0.3 is 54.2 Å². The zero-order valence-electron chi connectivity index (χ0n) is 71.6. The van der Waals surface area contributed by atoms with Crippen LogP contribution in [-0.4, -0.2) is 161 Å². The molecule has 0 radical (unpaired) electrons. The lowest BCUT2D eigenvalue weighted by atomic mass is 10.2. The average Bonchev–Trinajstić information content (AvgIpc) is 1.74. The van der Waals surface area contributed by atoms with Crippen molar-refractivity contribution < 1.29 is 148 Å². The standard InChI is InChI=1S/C19H19F2N3O5S2.C17H15F2N3O4S2.C11H10F3N3O3S2.C9H6F3N3O2S2.C8H10O2.C6H2ClF3O2S.C3H5N3S.C2H5BrO.H2O/c1-11-5-13(28-4)7-14(6-11)29-17-8-16(21)18(9-15(17)20)31(25,26)24(10-27-3)19-22-12(2)23-30-19;1-9-4-11(25-3)6-12(5-9)26-15-7-14(19)16(8-13(15)18)28(23,24)22-17-20-10(2)21-27-17;1-6-15-11(21-16-6)17(5-20-2)22(18,19)10-4-8(13)7(12)3-9(10)14;1-4-13-9(18-14-4)15-19(16,17)8-3-6(11)5(10)2-7(8)12;1-6-3-7(9)5-8(4-6)10-2;7-13(11,12)6-2-4(9)3(8)1-5(6)10;1-2-5-3(4)7-6-2;1-4-2-3;/h5-9H,10H2,1-4H3;4-8H,1-3H3,(H,20,21,22);3-4H,5H2,1-2H3;2-3H,1H3,(H,13,14,15);3-5,9H,1-2H3;1-2H;1H3,(H2,4,5,6);2H2,1H3;1H2. The van der Waals surface area contributed by atoms with Gasteiger partial charge in [-0.1, -0.05) is 15.9 Å². The topological polar surface area (TPSA) is 482 Å². The minimum Gasteiger partial charge on any atom is -0.508 e. The van der Waals surface area contributed by atoms with Crippen LogP contribution in [0.2, 0.25) is 0 Å². The van der Waals surface area contributed by atoms with Gasteiger partial charge in [0.25, 0.3) is 49.1 Å². The van der Waals surface area contributed by atoms with Crippen LogP contribution in [0.1, 0.15) is 45.8 Å². The van der Waals surface area contributed by atoms with Gasteiger partial charge in [-0.15, -0.1) is 0 Å². The number of nitrogens with two attached hydrogens (primary N) is 1. The van der Waals surface area contributed by atoms with Gasteiger partial charge in [0.1, 0.15) is 136 Å². The SMILES string of the molecule is COCBr.COCN(c1nc(C)ns1)S(=O)(=O)c1cc(F)c(F)cc1F.COCN(c1nc(C)ns1)S(=O)(=O)c1cc(F)c(Oc2cc(C)cc(OC)c2)cc1F.COc1cc(C)cc(O)c1.COc1cc(C)cc(Oc2cc(F)c(S(=O)(=O)Nc3nc(C)ns3)cc2F)c1.Cc1nsc(N)n1.Cc1nsc(NS(=O)(=O)c2cc(F)c(F)cc2F)n1.O.O=S(=O)(Cl)c1cc(F)c(F)cc1F. The number of phenols is 1. The van der Waals surface area contributed by atoms with Gasteiger partial charge in [0.05, 0.1) is 21.3 Å². The van der Waals surface area contributed by atoms with E-state index in [4.69, 9.17) is 54.7 Å². The van der Waals surface area contributed by atoms with Crippen LogP contribution < -0.4 is 47.5 Å². The van der Waals surface area contributed by atoms with E-state index in [1.54, 1.807) is 78.3 Å². The first kappa shape index (κ1) is 114. The van der Waals surface area contributed by atoms with E-state index < -0.39 is 174 Å². The highest BCUT2D eigenvalue weighted by atomic mass is 79.9. The summed E-state index contributed by atoms with van der Waals surface area (Å²) in [6.07, 6.45) is 0. The summed E-state index contributed by atoms with van der Waals surface area (Å²) in [6.45, 7) is 12.5. The number of ether oxygens (including phenoxy) is 8. The lowest BCUT2D eigenvalue weighted by Crippen LogP contribution is -2.33. The number of sulfonamides is 4. The Morgan fingerprint density at radius 3 is 0.963 bits per heavy atom. The van der Waals surface area contributed by atoms with Crippen molar-refractivity contribution in [1.29, 1.82) is 0 Å². The summed E-state index contributed by atoms with van der Waals surface area (Å²) in [6, 6.07) is 18.4. The number of alkyl halides is 1. The number of hydrogen-bond donors (Lipinski definition) is 4. The van der Waals surface area contributed by atoms with Crippen LogP contribution in [0.3, 0.4) is 0 Å². The summed E-state index contributed by atoms with van der Waals surface area (Å²) in [4.78, 5) is 14.4. The van der Waals surface area contributed by atoms with Crippen LogP contribution in [0, 0.1) is 131 Å². The van der Waals surface area contributed by atoms with E-state index in [1.165, 1.54) is 66.0 Å². The van der Waals surface area contributed by atoms with Crippen LogP contribution in [-0.2, 0) is 63.4 Å². The Bertz CT molecular complexity index is 6840. The summed E-state index contributed by atoms with van der Waals surface area (Å²) >= 11 is 7.32. The van der Waals surface area contributed by atoms with Crippen LogP contribution in [0.5, 0.6) is 46.0 Å². The lowest BCUT2D eigenvalue weighted by molar-refractivity contribution is 0.209. The van der Waals surface area contributed by atoms with Gasteiger partial charge in [-0.3, -0.25) is 9.44 Å². The molecule has 734 valence electrons. The van der Waals surface area contributed by atoms with Crippen molar-refractivity contribution in [3.63, 3.8) is 0 Å². The number of benzene rings is 8. The minimum absolute atomic E-state index is 0. The first-order chi connectivity index (χ1) is 62.6. The number of aryl methyl sites for hydroxylation is 8. The molecule has 0 aliphatic carbocycles. The highest BCUT2D eigenvalue weighted by Gasteiger charge is 2.35. The maximum absolute atomic E-state index is 14.8. The maximum atomic E-state index is 14.8. The fourth-order valence-electron chi connectivity index (χ4n) is 9.60. The molecule has 0 bridgehead atoms. The largest absolute Gasteiger partial charge is 0.508 e. The molecule has 5 heterocycles. The molecule has 8 aromatic carbocycles. The highest BCUT2D eigenvalue weighted by molar-refractivity contribution is 9.09. The van der Waals surface area contributed by atoms with Crippen molar-refractivity contribution in [3.8, 4) is 46.0 Å². The quantitative estimate of drug-likeness (QED) is 0.0136. The number of anilines is 5. The molecule has 0 saturated heterocycles. The van der Waals surface area contributed by atoms with Crippen molar-refractivity contribution in [1.82, 2.24) is 46.8 Å². The number of hydrogen-bond acceptors (Lipinski definition) is 35. The number of phenolic OH excluding ortho intramolecular Hbond substituents is 1. The van der Waals surface area contributed by atoms with Crippen LogP contribution in [0.25, 0.3) is 0 Å². The first-order valence-electron chi connectivity index (χ1n) is 35.9. The second kappa shape index (κ2) is 51.1. The Balaban J connectivity index is 0.000000287. The van der Waals surface area contributed by atoms with Gasteiger partial charge in [0, 0.05) is 162 Å². The van der Waals surface area contributed by atoms with Crippen molar-refractivity contribution in [2.45, 2.75) is 79.9 Å². The van der Waals surface area contributed by atoms with Gasteiger partial charge in [-0.2, -0.15) is 21.9 Å². The summed E-state index contributed by atoms with van der Waals surface area (Å²) in [7, 11) is -8.89. The van der Waals surface area contributed by atoms with E-state index in [0.717, 1.165) is 68.6 Å². The van der Waals surface area contributed by atoms with Crippen LogP contribution in [0.15, 0.2) is 140 Å². The van der Waals surface area contributed by atoms with Gasteiger partial charge >= 0.3 is 0 Å². The molecular formula is C75H74BrClF13N15O20S10. The van der Waals surface area contributed by atoms with Gasteiger partial charge in [-0.25, -0.2) is 133 Å². The van der Waals surface area contributed by atoms with Crippen LogP contribution >= 0.6 is 84.3 Å².